The highest BCUT2D eigenvalue weighted by molar-refractivity contribution is 8.18. The summed E-state index contributed by atoms with van der Waals surface area (Å²) in [6, 6.07) is 20.3. The SMILES string of the molecule is O=C1N=C(N2CCC3(CC2)OCc2ccccc23)SC1=C(c1ccc(F)cc1)c1ccc(F)cc1. The number of nitrogens with zero attached hydrogens (tertiary/aromatic N) is 2. The van der Waals surface area contributed by atoms with Crippen molar-refractivity contribution in [3.8, 4) is 0 Å². The minimum Gasteiger partial charge on any atom is -0.365 e. The van der Waals surface area contributed by atoms with Crippen molar-refractivity contribution in [1.82, 2.24) is 4.90 Å². The standard InChI is InChI=1S/C28H22F2N2O2S/c29-21-9-5-18(6-10-21)24(19-7-11-22(30)12-8-19)25-26(33)31-27(35-25)32-15-13-28(14-16-32)23-4-2-1-3-20(23)17-34-28/h1-12H,13-17H2. The first-order valence-corrected chi connectivity index (χ1v) is 12.4. The fraction of sp³-hybridized carbons (Fsp3) is 0.214. The highest BCUT2D eigenvalue weighted by Crippen LogP contribution is 2.45. The van der Waals surface area contributed by atoms with Crippen LogP contribution in [0.2, 0.25) is 0 Å². The van der Waals surface area contributed by atoms with E-state index in [2.05, 4.69) is 28.1 Å². The Balaban J connectivity index is 1.28. The van der Waals surface area contributed by atoms with E-state index < -0.39 is 0 Å². The first kappa shape index (κ1) is 22.2. The highest BCUT2D eigenvalue weighted by atomic mass is 32.2. The first-order chi connectivity index (χ1) is 17.0. The molecule has 3 aromatic rings. The van der Waals surface area contributed by atoms with Gasteiger partial charge in [0.25, 0.3) is 5.91 Å². The summed E-state index contributed by atoms with van der Waals surface area (Å²) in [5, 5.41) is 0.660. The van der Waals surface area contributed by atoms with Crippen LogP contribution >= 0.6 is 11.8 Å². The van der Waals surface area contributed by atoms with Crippen LogP contribution in [0, 0.1) is 11.6 Å². The zero-order valence-electron chi connectivity index (χ0n) is 18.8. The quantitative estimate of drug-likeness (QED) is 0.423. The van der Waals surface area contributed by atoms with E-state index in [0.29, 0.717) is 33.4 Å². The van der Waals surface area contributed by atoms with Crippen molar-refractivity contribution in [2.45, 2.75) is 25.0 Å². The molecule has 1 spiro atoms. The number of hydrogen-bond donors (Lipinski definition) is 0. The molecule has 0 unspecified atom stereocenters. The molecule has 6 rings (SSSR count). The Bertz CT molecular complexity index is 1310. The predicted octanol–water partition coefficient (Wildman–Crippen LogP) is 5.88. The first-order valence-electron chi connectivity index (χ1n) is 11.6. The molecule has 35 heavy (non-hydrogen) atoms. The number of benzene rings is 3. The van der Waals surface area contributed by atoms with Gasteiger partial charge in [-0.3, -0.25) is 4.79 Å². The second-order valence-electron chi connectivity index (χ2n) is 8.95. The molecule has 7 heteroatoms. The maximum Gasteiger partial charge on any atom is 0.286 e. The monoisotopic (exact) mass is 488 g/mol. The van der Waals surface area contributed by atoms with Crippen molar-refractivity contribution in [2.24, 2.45) is 4.99 Å². The largest absolute Gasteiger partial charge is 0.365 e. The molecule has 1 amide bonds. The van der Waals surface area contributed by atoms with Gasteiger partial charge in [0, 0.05) is 18.7 Å². The summed E-state index contributed by atoms with van der Waals surface area (Å²) in [7, 11) is 0. The Hall–Kier alpha value is -3.29. The zero-order valence-corrected chi connectivity index (χ0v) is 19.7. The van der Waals surface area contributed by atoms with E-state index in [1.165, 1.54) is 47.2 Å². The van der Waals surface area contributed by atoms with Crippen LogP contribution in [0.1, 0.15) is 35.1 Å². The molecule has 3 heterocycles. The fourth-order valence-electron chi connectivity index (χ4n) is 5.11. The summed E-state index contributed by atoms with van der Waals surface area (Å²) >= 11 is 1.33. The van der Waals surface area contributed by atoms with Crippen LogP contribution in [0.25, 0.3) is 5.57 Å². The number of halogens is 2. The Labute approximate surface area is 206 Å². The lowest BCUT2D eigenvalue weighted by Gasteiger charge is -2.39. The van der Waals surface area contributed by atoms with Crippen molar-refractivity contribution in [2.75, 3.05) is 13.1 Å². The number of piperidine rings is 1. The molecule has 0 aliphatic carbocycles. The van der Waals surface area contributed by atoms with Gasteiger partial charge in [-0.2, -0.15) is 4.99 Å². The summed E-state index contributed by atoms with van der Waals surface area (Å²) in [4.78, 5) is 20.1. The van der Waals surface area contributed by atoms with E-state index in [9.17, 15) is 13.6 Å². The van der Waals surface area contributed by atoms with E-state index in [4.69, 9.17) is 4.74 Å². The van der Waals surface area contributed by atoms with Crippen molar-refractivity contribution in [3.63, 3.8) is 0 Å². The van der Waals surface area contributed by atoms with Crippen molar-refractivity contribution < 1.29 is 18.3 Å². The number of hydrogen-bond acceptors (Lipinski definition) is 4. The van der Waals surface area contributed by atoms with Gasteiger partial charge in [-0.25, -0.2) is 8.78 Å². The molecular formula is C28H22F2N2O2S. The van der Waals surface area contributed by atoms with Crippen molar-refractivity contribution in [1.29, 1.82) is 0 Å². The number of carbonyl (C=O) groups excluding carboxylic acids is 1. The number of amides is 1. The lowest BCUT2D eigenvalue weighted by Crippen LogP contribution is -2.44. The molecule has 1 saturated heterocycles. The highest BCUT2D eigenvalue weighted by Gasteiger charge is 2.43. The second kappa shape index (κ2) is 8.73. The maximum absolute atomic E-state index is 13.6. The van der Waals surface area contributed by atoms with E-state index >= 15 is 0 Å². The van der Waals surface area contributed by atoms with Gasteiger partial charge in [0.05, 0.1) is 17.1 Å². The average molecular weight is 489 g/mol. The molecule has 0 atom stereocenters. The summed E-state index contributed by atoms with van der Waals surface area (Å²) in [5.74, 6) is -1.06. The minimum atomic E-state index is -0.363. The lowest BCUT2D eigenvalue weighted by molar-refractivity contribution is -0.113. The summed E-state index contributed by atoms with van der Waals surface area (Å²) in [6.45, 7) is 2.09. The lowest BCUT2D eigenvalue weighted by atomic mass is 9.84. The van der Waals surface area contributed by atoms with Gasteiger partial charge in [-0.05, 0) is 71.1 Å². The summed E-state index contributed by atoms with van der Waals surface area (Å²) in [5.41, 5.74) is 4.23. The molecule has 3 aromatic carbocycles. The van der Waals surface area contributed by atoms with Gasteiger partial charge in [-0.15, -0.1) is 0 Å². The van der Waals surface area contributed by atoms with Gasteiger partial charge in [0.15, 0.2) is 5.17 Å². The number of amidine groups is 1. The van der Waals surface area contributed by atoms with Crippen molar-refractivity contribution >= 4 is 28.4 Å². The number of fused-ring (bicyclic) bond motifs is 2. The smallest absolute Gasteiger partial charge is 0.286 e. The number of carbonyl (C=O) groups is 1. The van der Waals surface area contributed by atoms with Crippen LogP contribution in [0.3, 0.4) is 0 Å². The van der Waals surface area contributed by atoms with Gasteiger partial charge in [0.2, 0.25) is 0 Å². The third kappa shape index (κ3) is 3.98. The molecule has 4 nitrogen and oxygen atoms in total. The third-order valence-corrected chi connectivity index (χ3v) is 8.05. The Morgan fingerprint density at radius 2 is 1.49 bits per heavy atom. The van der Waals surface area contributed by atoms with Gasteiger partial charge in [0.1, 0.15) is 11.6 Å². The number of ether oxygens (including phenoxy) is 1. The molecule has 1 fully saturated rings. The fourth-order valence-corrected chi connectivity index (χ4v) is 6.20. The molecule has 0 N–H and O–H groups in total. The molecule has 0 aromatic heterocycles. The van der Waals surface area contributed by atoms with Crippen LogP contribution in [0.4, 0.5) is 8.78 Å². The second-order valence-corrected chi connectivity index (χ2v) is 9.92. The Morgan fingerprint density at radius 1 is 0.886 bits per heavy atom. The molecule has 0 saturated carbocycles. The van der Waals surface area contributed by atoms with Crippen molar-refractivity contribution in [3.05, 3.63) is 112 Å². The maximum atomic E-state index is 13.6. The Morgan fingerprint density at radius 3 is 2.11 bits per heavy atom. The topological polar surface area (TPSA) is 41.9 Å². The number of likely N-dealkylation sites (tertiary alicyclic amines) is 1. The zero-order chi connectivity index (χ0) is 24.0. The molecular weight excluding hydrogens is 466 g/mol. The molecule has 0 radical (unpaired) electrons. The summed E-state index contributed by atoms with van der Waals surface area (Å²) < 4.78 is 33.5. The normalized spacial score (nSPS) is 18.7. The van der Waals surface area contributed by atoms with E-state index in [0.717, 1.165) is 25.9 Å². The Kier molecular flexibility index (Phi) is 5.54. The van der Waals surface area contributed by atoms with E-state index in [1.54, 1.807) is 24.3 Å². The van der Waals surface area contributed by atoms with E-state index in [-0.39, 0.29) is 23.1 Å². The molecule has 176 valence electrons. The van der Waals surface area contributed by atoms with Gasteiger partial charge in [-0.1, -0.05) is 48.5 Å². The third-order valence-electron chi connectivity index (χ3n) is 6.93. The van der Waals surface area contributed by atoms with Gasteiger partial charge >= 0.3 is 0 Å². The van der Waals surface area contributed by atoms with Crippen LogP contribution in [0.5, 0.6) is 0 Å². The predicted molar refractivity (Wildman–Crippen MR) is 133 cm³/mol. The minimum absolute atomic E-state index is 0.271. The number of aliphatic imine (C=N–C) groups is 1. The van der Waals surface area contributed by atoms with Crippen LogP contribution in [-0.2, 0) is 21.7 Å². The number of rotatable bonds is 2. The molecule has 0 bridgehead atoms. The molecule has 3 aliphatic heterocycles. The summed E-state index contributed by atoms with van der Waals surface area (Å²) in [6.07, 6.45) is 1.64. The van der Waals surface area contributed by atoms with Gasteiger partial charge < -0.3 is 9.64 Å². The van der Waals surface area contributed by atoms with Crippen LogP contribution < -0.4 is 0 Å². The average Bonchev–Trinajstić information content (AvgIpc) is 3.43. The van der Waals surface area contributed by atoms with E-state index in [1.807, 2.05) is 6.07 Å². The number of thioether (sulfide) groups is 1. The molecule has 3 aliphatic rings. The van der Waals surface area contributed by atoms with Crippen LogP contribution in [-0.4, -0.2) is 29.1 Å². The van der Waals surface area contributed by atoms with Crippen LogP contribution in [0.15, 0.2) is 82.7 Å².